The normalized spacial score (nSPS) is 33.8. The average Bonchev–Trinajstić information content (AvgIpc) is 3.16. The number of rotatable bonds is 6. The fraction of sp³-hybridized carbons (Fsp3) is 0.759. The van der Waals surface area contributed by atoms with Gasteiger partial charge in [0.1, 0.15) is 17.6 Å². The van der Waals surface area contributed by atoms with E-state index in [4.69, 9.17) is 9.47 Å². The van der Waals surface area contributed by atoms with E-state index >= 15 is 0 Å². The van der Waals surface area contributed by atoms with Gasteiger partial charge in [0.15, 0.2) is 0 Å². The van der Waals surface area contributed by atoms with Crippen molar-refractivity contribution in [1.82, 2.24) is 9.80 Å². The van der Waals surface area contributed by atoms with E-state index in [-0.39, 0.29) is 36.4 Å². The number of carbonyl (C=O) groups excluding carboxylic acids is 3. The van der Waals surface area contributed by atoms with Gasteiger partial charge in [-0.1, -0.05) is 65.3 Å². The SMILES string of the molecule is CC[C@H](C)[C@H](CO)N1C(=O)[C@@H]2[C@H]3C(=O)OCCC=C[C@H]3O[C@@]23C=CCN(C(C)(C)CC(C)(C)C)C(=O)C13. The van der Waals surface area contributed by atoms with Gasteiger partial charge in [0.05, 0.1) is 31.3 Å². The number of fused-ring (bicyclic) bond motifs is 2. The number of cyclic esters (lactones) is 1. The van der Waals surface area contributed by atoms with Crippen LogP contribution in [-0.2, 0) is 23.9 Å². The van der Waals surface area contributed by atoms with Crippen molar-refractivity contribution in [3.8, 4) is 0 Å². The highest BCUT2D eigenvalue weighted by molar-refractivity contribution is 5.99. The number of carbonyl (C=O) groups is 3. The quantitative estimate of drug-likeness (QED) is 0.431. The van der Waals surface area contributed by atoms with E-state index in [1.165, 1.54) is 0 Å². The smallest absolute Gasteiger partial charge is 0.312 e. The van der Waals surface area contributed by atoms with E-state index in [9.17, 15) is 19.5 Å². The number of likely N-dealkylation sites (tertiary alicyclic amines) is 1. The Morgan fingerprint density at radius 2 is 1.84 bits per heavy atom. The zero-order valence-electron chi connectivity index (χ0n) is 23.4. The van der Waals surface area contributed by atoms with Crippen molar-refractivity contribution in [2.24, 2.45) is 23.2 Å². The molecule has 2 amide bonds. The summed E-state index contributed by atoms with van der Waals surface area (Å²) in [6.45, 7) is 14.9. The Balaban J connectivity index is 1.87. The molecule has 1 N–H and O–H groups in total. The van der Waals surface area contributed by atoms with E-state index < -0.39 is 47.1 Å². The van der Waals surface area contributed by atoms with Gasteiger partial charge in [-0.2, -0.15) is 0 Å². The van der Waals surface area contributed by atoms with Crippen molar-refractivity contribution in [2.75, 3.05) is 19.8 Å². The van der Waals surface area contributed by atoms with Crippen LogP contribution in [0.1, 0.15) is 67.7 Å². The minimum atomic E-state index is -1.31. The first-order valence-corrected chi connectivity index (χ1v) is 13.7. The Morgan fingerprint density at radius 3 is 2.46 bits per heavy atom. The third-order valence-corrected chi connectivity index (χ3v) is 8.60. The van der Waals surface area contributed by atoms with Gasteiger partial charge in [0.2, 0.25) is 11.8 Å². The highest BCUT2D eigenvalue weighted by atomic mass is 16.6. The van der Waals surface area contributed by atoms with Gasteiger partial charge in [-0.05, 0) is 38.0 Å². The van der Waals surface area contributed by atoms with Crippen LogP contribution in [0.2, 0.25) is 0 Å². The summed E-state index contributed by atoms with van der Waals surface area (Å²) in [7, 11) is 0. The zero-order valence-corrected chi connectivity index (χ0v) is 23.4. The molecule has 1 unspecified atom stereocenters. The van der Waals surface area contributed by atoms with Crippen molar-refractivity contribution >= 4 is 17.8 Å². The number of hydrogen-bond acceptors (Lipinski definition) is 6. The van der Waals surface area contributed by atoms with Gasteiger partial charge in [-0.3, -0.25) is 14.4 Å². The molecule has 0 saturated carbocycles. The molecule has 4 aliphatic heterocycles. The highest BCUT2D eigenvalue weighted by Gasteiger charge is 2.73. The standard InChI is InChI=1S/C29H44N2O6/c1-8-18(2)19(16-32)31-23-25(34)30(28(6,7)17-27(3,4)5)14-11-13-29(23)22(24(31)33)21-20(37-29)12-9-10-15-36-26(21)35/h9,11-13,18-23,32H,8,10,14-17H2,1-7H3/t18-,19-,20+,21-,22-,23?,29-/m0/s1. The molecule has 4 heterocycles. The lowest BCUT2D eigenvalue weighted by molar-refractivity contribution is -0.158. The minimum Gasteiger partial charge on any atom is -0.465 e. The van der Waals surface area contributed by atoms with Gasteiger partial charge in [-0.25, -0.2) is 0 Å². The van der Waals surface area contributed by atoms with Gasteiger partial charge in [-0.15, -0.1) is 0 Å². The first kappa shape index (κ1) is 27.8. The van der Waals surface area contributed by atoms with Gasteiger partial charge >= 0.3 is 5.97 Å². The summed E-state index contributed by atoms with van der Waals surface area (Å²) in [5.41, 5.74) is -1.84. The number of ether oxygens (including phenoxy) is 2. The van der Waals surface area contributed by atoms with Gasteiger partial charge in [0.25, 0.3) is 0 Å². The molecule has 0 aliphatic carbocycles. The molecule has 8 nitrogen and oxygen atoms in total. The topological polar surface area (TPSA) is 96.4 Å². The maximum Gasteiger partial charge on any atom is 0.312 e. The Labute approximate surface area is 221 Å². The van der Waals surface area contributed by atoms with Crippen LogP contribution in [0, 0.1) is 23.2 Å². The number of esters is 1. The van der Waals surface area contributed by atoms with Crippen LogP contribution >= 0.6 is 0 Å². The van der Waals surface area contributed by atoms with Crippen molar-refractivity contribution in [3.05, 3.63) is 24.3 Å². The molecule has 0 aromatic carbocycles. The Morgan fingerprint density at radius 1 is 1.14 bits per heavy atom. The van der Waals surface area contributed by atoms with Crippen LogP contribution in [-0.4, -0.2) is 81.8 Å². The molecule has 37 heavy (non-hydrogen) atoms. The van der Waals surface area contributed by atoms with Gasteiger partial charge in [0, 0.05) is 12.1 Å². The summed E-state index contributed by atoms with van der Waals surface area (Å²) < 4.78 is 12.1. The van der Waals surface area contributed by atoms with Crippen LogP contribution in [0.5, 0.6) is 0 Å². The second-order valence-corrected chi connectivity index (χ2v) is 13.0. The lowest BCUT2D eigenvalue weighted by atomic mass is 9.77. The van der Waals surface area contributed by atoms with E-state index in [1.807, 2.05) is 43.1 Å². The number of aliphatic hydroxyl groups excluding tert-OH is 1. The van der Waals surface area contributed by atoms with Crippen molar-refractivity contribution in [2.45, 2.75) is 97.1 Å². The van der Waals surface area contributed by atoms with E-state index in [1.54, 1.807) is 4.90 Å². The monoisotopic (exact) mass is 516 g/mol. The maximum atomic E-state index is 14.6. The van der Waals surface area contributed by atoms with Crippen LogP contribution in [0.15, 0.2) is 24.3 Å². The Kier molecular flexibility index (Phi) is 7.40. The largest absolute Gasteiger partial charge is 0.465 e. The first-order chi connectivity index (χ1) is 17.3. The van der Waals surface area contributed by atoms with Crippen molar-refractivity contribution in [3.63, 3.8) is 0 Å². The third kappa shape index (κ3) is 4.65. The van der Waals surface area contributed by atoms with Crippen molar-refractivity contribution in [1.29, 1.82) is 0 Å². The minimum absolute atomic E-state index is 0.0284. The molecule has 0 aromatic rings. The fourth-order valence-electron chi connectivity index (χ4n) is 7.16. The average molecular weight is 517 g/mol. The van der Waals surface area contributed by atoms with E-state index in [2.05, 4.69) is 34.6 Å². The Bertz CT molecular complexity index is 981. The van der Waals surface area contributed by atoms with E-state index in [0.29, 0.717) is 13.0 Å². The predicted molar refractivity (Wildman–Crippen MR) is 139 cm³/mol. The lowest BCUT2D eigenvalue weighted by Gasteiger charge is -2.46. The molecule has 7 atom stereocenters. The molecule has 206 valence electrons. The zero-order chi connectivity index (χ0) is 27.3. The number of nitrogens with zero attached hydrogens (tertiary/aromatic N) is 2. The number of amides is 2. The van der Waals surface area contributed by atoms with Gasteiger partial charge < -0.3 is 24.4 Å². The Hall–Kier alpha value is -2.19. The summed E-state index contributed by atoms with van der Waals surface area (Å²) in [5, 5.41) is 10.5. The molecule has 1 spiro atoms. The van der Waals surface area contributed by atoms with Crippen LogP contribution < -0.4 is 0 Å². The molecule has 0 bridgehead atoms. The molecule has 4 rings (SSSR count). The summed E-state index contributed by atoms with van der Waals surface area (Å²) in [6, 6.07) is -1.56. The summed E-state index contributed by atoms with van der Waals surface area (Å²) >= 11 is 0. The summed E-state index contributed by atoms with van der Waals surface area (Å²) in [4.78, 5) is 45.5. The highest BCUT2D eigenvalue weighted by Crippen LogP contribution is 2.54. The molecule has 8 heteroatoms. The van der Waals surface area contributed by atoms with Crippen LogP contribution in [0.4, 0.5) is 0 Å². The molecular formula is C29H44N2O6. The van der Waals surface area contributed by atoms with Crippen molar-refractivity contribution < 1.29 is 29.0 Å². The third-order valence-electron chi connectivity index (χ3n) is 8.60. The summed E-state index contributed by atoms with van der Waals surface area (Å²) in [6.07, 6.45) is 8.91. The molecule has 0 radical (unpaired) electrons. The van der Waals surface area contributed by atoms with Crippen LogP contribution in [0.25, 0.3) is 0 Å². The number of hydrogen-bond donors (Lipinski definition) is 1. The lowest BCUT2D eigenvalue weighted by Crippen LogP contribution is -2.62. The second kappa shape index (κ2) is 9.84. The molecular weight excluding hydrogens is 472 g/mol. The fourth-order valence-corrected chi connectivity index (χ4v) is 7.16. The van der Waals surface area contributed by atoms with E-state index in [0.717, 1.165) is 12.8 Å². The summed E-state index contributed by atoms with van der Waals surface area (Å²) in [5.74, 6) is -2.80. The predicted octanol–water partition coefficient (Wildman–Crippen LogP) is 3.09. The molecule has 2 saturated heterocycles. The molecule has 2 fully saturated rings. The number of aliphatic hydroxyl groups is 1. The maximum absolute atomic E-state index is 14.6. The van der Waals surface area contributed by atoms with Crippen LogP contribution in [0.3, 0.4) is 0 Å². The first-order valence-electron chi connectivity index (χ1n) is 13.7. The molecule has 4 aliphatic rings. The molecule has 0 aromatic heterocycles. The second-order valence-electron chi connectivity index (χ2n) is 13.0.